The van der Waals surface area contributed by atoms with Crippen LogP contribution in [0, 0.1) is 16.9 Å². The molecule has 2 aromatic rings. The second-order valence-electron chi connectivity index (χ2n) is 9.67. The zero-order valence-corrected chi connectivity index (χ0v) is 21.9. The first-order valence-electron chi connectivity index (χ1n) is 12.7. The second-order valence-corrected chi connectivity index (χ2v) is 11.7. The molecule has 38 heavy (non-hydrogen) atoms. The molecule has 2 unspecified atom stereocenters. The van der Waals surface area contributed by atoms with E-state index in [1.807, 2.05) is 35.2 Å². The van der Waals surface area contributed by atoms with E-state index in [2.05, 4.69) is 5.32 Å². The summed E-state index contributed by atoms with van der Waals surface area (Å²) in [5, 5.41) is 15.6. The fourth-order valence-corrected chi connectivity index (χ4v) is 6.87. The van der Waals surface area contributed by atoms with Crippen LogP contribution in [0.1, 0.15) is 18.4 Å². The van der Waals surface area contributed by atoms with Gasteiger partial charge in [0.1, 0.15) is 5.82 Å². The van der Waals surface area contributed by atoms with E-state index in [0.717, 1.165) is 11.3 Å². The molecule has 0 radical (unpaired) electrons. The quantitative estimate of drug-likeness (QED) is 0.381. The molecule has 0 spiro atoms. The number of carbonyl (C=O) groups excluding carboxylic acids is 2. The smallest absolute Gasteiger partial charge is 0.317 e. The van der Waals surface area contributed by atoms with Crippen LogP contribution >= 0.6 is 0 Å². The highest BCUT2D eigenvalue weighted by Crippen LogP contribution is 2.26. The Labute approximate surface area is 222 Å². The standard InChI is InChI=1S/C26H33FN5O5S/c27-23-8-10-24(11-9-23)29-13-15-31(16-14-29)38(36,37)19-25(32(35)20-33)22-7-4-12-30(18-22)26(34)28-17-21-5-2-1-3-6-21/h1-3,5-6,8-11,20,22,25H,4,7,12-19H2,(H,28,34)/q-1. The summed E-state index contributed by atoms with van der Waals surface area (Å²) in [6.45, 7) is 2.29. The van der Waals surface area contributed by atoms with Gasteiger partial charge < -0.3 is 25.4 Å². The first-order valence-corrected chi connectivity index (χ1v) is 14.3. The van der Waals surface area contributed by atoms with E-state index in [1.54, 1.807) is 17.0 Å². The van der Waals surface area contributed by atoms with Crippen molar-refractivity contribution in [3.63, 3.8) is 0 Å². The van der Waals surface area contributed by atoms with Crippen molar-refractivity contribution in [1.82, 2.24) is 19.6 Å². The lowest BCUT2D eigenvalue weighted by molar-refractivity contribution is -0.118. The zero-order valence-electron chi connectivity index (χ0n) is 21.1. The fourth-order valence-electron chi connectivity index (χ4n) is 5.09. The number of carbonyl (C=O) groups is 2. The van der Waals surface area contributed by atoms with Gasteiger partial charge in [-0.25, -0.2) is 17.6 Å². The van der Waals surface area contributed by atoms with E-state index in [9.17, 15) is 27.6 Å². The Bertz CT molecular complexity index is 1180. The van der Waals surface area contributed by atoms with Crippen LogP contribution < -0.4 is 10.2 Å². The molecule has 2 fully saturated rings. The van der Waals surface area contributed by atoms with Crippen LogP contribution in [0.15, 0.2) is 54.6 Å². The molecular formula is C26H33FN5O5S-. The van der Waals surface area contributed by atoms with Crippen molar-refractivity contribution in [3.8, 4) is 0 Å². The molecular weight excluding hydrogens is 513 g/mol. The number of halogens is 1. The lowest BCUT2D eigenvalue weighted by atomic mass is 9.91. The Hall–Kier alpha value is -3.22. The topological polar surface area (TPSA) is 116 Å². The normalized spacial score (nSPS) is 19.6. The summed E-state index contributed by atoms with van der Waals surface area (Å²) >= 11 is 0. The number of hydrogen-bond donors (Lipinski definition) is 1. The minimum atomic E-state index is -3.86. The van der Waals surface area contributed by atoms with Gasteiger partial charge in [0.25, 0.3) is 0 Å². The molecule has 0 bridgehead atoms. The molecule has 2 saturated heterocycles. The van der Waals surface area contributed by atoms with Gasteiger partial charge in [0, 0.05) is 57.5 Å². The zero-order chi connectivity index (χ0) is 27.1. The van der Waals surface area contributed by atoms with Crippen molar-refractivity contribution in [3.05, 3.63) is 71.2 Å². The number of hydroxylamine groups is 2. The summed E-state index contributed by atoms with van der Waals surface area (Å²) in [4.78, 5) is 27.8. The van der Waals surface area contributed by atoms with Gasteiger partial charge in [-0.2, -0.15) is 4.31 Å². The van der Waals surface area contributed by atoms with Gasteiger partial charge in [-0.3, -0.25) is 4.79 Å². The van der Waals surface area contributed by atoms with Crippen LogP contribution in [-0.2, 0) is 21.4 Å². The third-order valence-electron chi connectivity index (χ3n) is 7.21. The molecule has 12 heteroatoms. The Kier molecular flexibility index (Phi) is 9.18. The monoisotopic (exact) mass is 546 g/mol. The van der Waals surface area contributed by atoms with Gasteiger partial charge in [-0.05, 0) is 48.6 Å². The van der Waals surface area contributed by atoms with E-state index in [0.29, 0.717) is 39.0 Å². The van der Waals surface area contributed by atoms with Crippen LogP contribution in [0.5, 0.6) is 0 Å². The molecule has 0 aliphatic carbocycles. The number of urea groups is 1. The number of likely N-dealkylation sites (tertiary alicyclic amines) is 1. The van der Waals surface area contributed by atoms with Crippen molar-refractivity contribution in [2.24, 2.45) is 5.92 Å². The van der Waals surface area contributed by atoms with Crippen molar-refractivity contribution in [1.29, 1.82) is 0 Å². The fraction of sp³-hybridized carbons (Fsp3) is 0.462. The lowest BCUT2D eigenvalue weighted by Gasteiger charge is -2.44. The number of piperazine rings is 1. The molecule has 2 heterocycles. The predicted octanol–water partition coefficient (Wildman–Crippen LogP) is 2.22. The van der Waals surface area contributed by atoms with Crippen molar-refractivity contribution in [2.75, 3.05) is 49.9 Å². The van der Waals surface area contributed by atoms with Crippen LogP contribution in [0.3, 0.4) is 0 Å². The number of rotatable bonds is 9. The molecule has 0 saturated carbocycles. The van der Waals surface area contributed by atoms with Crippen LogP contribution in [-0.4, -0.2) is 86.2 Å². The molecule has 0 aromatic heterocycles. The van der Waals surface area contributed by atoms with E-state index < -0.39 is 27.7 Å². The molecule has 2 atom stereocenters. The number of benzene rings is 2. The van der Waals surface area contributed by atoms with Crippen LogP contribution in [0.25, 0.3) is 0 Å². The maximum Gasteiger partial charge on any atom is 0.317 e. The summed E-state index contributed by atoms with van der Waals surface area (Å²) in [5.41, 5.74) is 1.76. The largest absolute Gasteiger partial charge is 0.756 e. The van der Waals surface area contributed by atoms with Crippen molar-refractivity contribution >= 4 is 28.2 Å². The minimum Gasteiger partial charge on any atom is -0.756 e. The van der Waals surface area contributed by atoms with Gasteiger partial charge in [0.05, 0.1) is 5.75 Å². The summed E-state index contributed by atoms with van der Waals surface area (Å²) in [6.07, 6.45) is 1.25. The first-order chi connectivity index (χ1) is 18.3. The van der Waals surface area contributed by atoms with Gasteiger partial charge in [-0.1, -0.05) is 30.3 Å². The third kappa shape index (κ3) is 7.00. The van der Waals surface area contributed by atoms with E-state index in [-0.39, 0.29) is 43.0 Å². The van der Waals surface area contributed by atoms with E-state index in [4.69, 9.17) is 0 Å². The minimum absolute atomic E-state index is 0.112. The summed E-state index contributed by atoms with van der Waals surface area (Å²) in [7, 11) is -3.86. The van der Waals surface area contributed by atoms with Crippen molar-refractivity contribution < 1.29 is 22.4 Å². The lowest BCUT2D eigenvalue weighted by Crippen LogP contribution is -2.55. The molecule has 206 valence electrons. The van der Waals surface area contributed by atoms with Crippen LogP contribution in [0.4, 0.5) is 14.9 Å². The Morgan fingerprint density at radius 1 is 1.08 bits per heavy atom. The van der Waals surface area contributed by atoms with Crippen molar-refractivity contribution in [2.45, 2.75) is 25.4 Å². The molecule has 4 rings (SSSR count). The molecule has 2 aliphatic rings. The maximum absolute atomic E-state index is 13.3. The number of nitrogens with zero attached hydrogens (tertiary/aromatic N) is 4. The second kappa shape index (κ2) is 12.5. The number of anilines is 1. The molecule has 3 amide bonds. The molecule has 1 N–H and O–H groups in total. The number of piperidine rings is 1. The highest BCUT2D eigenvalue weighted by Gasteiger charge is 2.36. The highest BCUT2D eigenvalue weighted by molar-refractivity contribution is 7.89. The summed E-state index contributed by atoms with van der Waals surface area (Å²) in [6, 6.07) is 14.1. The van der Waals surface area contributed by atoms with E-state index in [1.165, 1.54) is 16.4 Å². The number of hydrogen-bond acceptors (Lipinski definition) is 6. The van der Waals surface area contributed by atoms with Crippen LogP contribution in [0.2, 0.25) is 0 Å². The van der Waals surface area contributed by atoms with Gasteiger partial charge >= 0.3 is 6.03 Å². The summed E-state index contributed by atoms with van der Waals surface area (Å²) in [5.74, 6) is -1.31. The Balaban J connectivity index is 1.36. The average molecular weight is 547 g/mol. The molecule has 2 aromatic carbocycles. The number of nitrogens with one attached hydrogen (secondary N) is 1. The highest BCUT2D eigenvalue weighted by atomic mass is 32.2. The SMILES string of the molecule is O=CN([O-])C(CS(=O)(=O)N1CCN(c2ccc(F)cc2)CC1)C1CCCN(C(=O)NCc2ccccc2)C1. The average Bonchev–Trinajstić information content (AvgIpc) is 2.95. The maximum atomic E-state index is 13.3. The number of amides is 3. The molecule has 10 nitrogen and oxygen atoms in total. The Morgan fingerprint density at radius 3 is 2.42 bits per heavy atom. The molecule has 2 aliphatic heterocycles. The van der Waals surface area contributed by atoms with E-state index >= 15 is 0 Å². The third-order valence-corrected chi connectivity index (χ3v) is 9.13. The summed E-state index contributed by atoms with van der Waals surface area (Å²) < 4.78 is 41.2. The first kappa shape index (κ1) is 27.8. The number of sulfonamides is 1. The predicted molar refractivity (Wildman–Crippen MR) is 142 cm³/mol. The van der Waals surface area contributed by atoms with Gasteiger partial charge in [-0.15, -0.1) is 0 Å². The van der Waals surface area contributed by atoms with Gasteiger partial charge in [0.2, 0.25) is 10.0 Å². The van der Waals surface area contributed by atoms with Gasteiger partial charge in [0.15, 0.2) is 6.41 Å². The Morgan fingerprint density at radius 2 is 1.76 bits per heavy atom.